The molecule has 0 bridgehead atoms. The van der Waals surface area contributed by atoms with Crippen molar-refractivity contribution in [2.45, 2.75) is 27.7 Å². The molecular formula is C22H23O3P. The van der Waals surface area contributed by atoms with Gasteiger partial charge in [-0.3, -0.25) is 0 Å². The Kier molecular flexibility index (Phi) is 5.80. The SMILES string of the molecule is Cc1ccc(OP(Oc2ccc(C)cc2)Oc2ccc(C)cc2C)cc1. The number of benzene rings is 3. The summed E-state index contributed by atoms with van der Waals surface area (Å²) < 4.78 is 18.1. The van der Waals surface area contributed by atoms with Crippen LogP contribution in [0.15, 0.2) is 66.7 Å². The van der Waals surface area contributed by atoms with Crippen molar-refractivity contribution in [2.24, 2.45) is 0 Å². The highest BCUT2D eigenvalue weighted by molar-refractivity contribution is 7.43. The summed E-state index contributed by atoms with van der Waals surface area (Å²) in [5, 5.41) is 0. The number of rotatable bonds is 6. The van der Waals surface area contributed by atoms with Gasteiger partial charge in [0.25, 0.3) is 0 Å². The van der Waals surface area contributed by atoms with Crippen molar-refractivity contribution in [1.82, 2.24) is 0 Å². The van der Waals surface area contributed by atoms with Gasteiger partial charge in [0.05, 0.1) is 0 Å². The van der Waals surface area contributed by atoms with E-state index in [0.717, 1.165) is 22.8 Å². The average Bonchev–Trinajstić information content (AvgIpc) is 2.61. The molecule has 4 heteroatoms. The molecule has 134 valence electrons. The van der Waals surface area contributed by atoms with E-state index < -0.39 is 8.60 Å². The van der Waals surface area contributed by atoms with Gasteiger partial charge in [0.1, 0.15) is 17.2 Å². The molecule has 3 aromatic rings. The first-order valence-corrected chi connectivity index (χ1v) is 9.64. The van der Waals surface area contributed by atoms with Crippen LogP contribution in [-0.4, -0.2) is 0 Å². The Hall–Kier alpha value is -2.51. The quantitative estimate of drug-likeness (QED) is 0.455. The molecule has 3 rings (SSSR count). The first-order chi connectivity index (χ1) is 12.5. The van der Waals surface area contributed by atoms with Crippen molar-refractivity contribution in [2.75, 3.05) is 0 Å². The predicted octanol–water partition coefficient (Wildman–Crippen LogP) is 6.68. The minimum atomic E-state index is -1.63. The monoisotopic (exact) mass is 366 g/mol. The first kappa shape index (κ1) is 18.3. The van der Waals surface area contributed by atoms with Gasteiger partial charge >= 0.3 is 8.60 Å². The molecule has 0 aliphatic carbocycles. The summed E-state index contributed by atoms with van der Waals surface area (Å²) >= 11 is 0. The molecule has 0 amide bonds. The van der Waals surface area contributed by atoms with Gasteiger partial charge in [-0.15, -0.1) is 0 Å². The Balaban J connectivity index is 1.82. The normalized spacial score (nSPS) is 10.7. The highest BCUT2D eigenvalue weighted by Crippen LogP contribution is 2.43. The van der Waals surface area contributed by atoms with E-state index in [1.807, 2.05) is 81.4 Å². The van der Waals surface area contributed by atoms with Gasteiger partial charge in [-0.2, -0.15) is 0 Å². The van der Waals surface area contributed by atoms with Crippen molar-refractivity contribution in [3.05, 3.63) is 89.0 Å². The molecule has 0 unspecified atom stereocenters. The van der Waals surface area contributed by atoms with Gasteiger partial charge in [-0.1, -0.05) is 53.1 Å². The lowest BCUT2D eigenvalue weighted by atomic mass is 10.1. The fraction of sp³-hybridized carbons (Fsp3) is 0.182. The standard InChI is InChI=1S/C22H23O3P/c1-16-5-10-20(11-6-16)23-26(24-21-12-7-17(2)8-13-21)25-22-14-9-18(3)15-19(22)4/h5-15H,1-4H3. The lowest BCUT2D eigenvalue weighted by Crippen LogP contribution is -2.03. The zero-order valence-corrected chi connectivity index (χ0v) is 16.4. The second-order valence-corrected chi connectivity index (χ2v) is 7.39. The summed E-state index contributed by atoms with van der Waals surface area (Å²) in [6.45, 7) is 8.17. The second kappa shape index (κ2) is 8.25. The molecule has 0 spiro atoms. The maximum absolute atomic E-state index is 6.09. The van der Waals surface area contributed by atoms with Crippen LogP contribution in [0.5, 0.6) is 17.2 Å². The molecule has 0 radical (unpaired) electrons. The molecule has 0 aliphatic heterocycles. The van der Waals surface area contributed by atoms with Crippen molar-refractivity contribution in [3.8, 4) is 17.2 Å². The Morgan fingerprint density at radius 2 is 1.00 bits per heavy atom. The van der Waals surface area contributed by atoms with E-state index in [9.17, 15) is 0 Å². The summed E-state index contributed by atoms with van der Waals surface area (Å²) in [7, 11) is -1.63. The Bertz CT molecular complexity index is 810. The van der Waals surface area contributed by atoms with E-state index in [0.29, 0.717) is 0 Å². The predicted molar refractivity (Wildman–Crippen MR) is 107 cm³/mol. The molecule has 0 heterocycles. The minimum absolute atomic E-state index is 0.721. The van der Waals surface area contributed by atoms with Crippen molar-refractivity contribution in [1.29, 1.82) is 0 Å². The van der Waals surface area contributed by atoms with Gasteiger partial charge in [-0.25, -0.2) is 0 Å². The third-order valence-corrected chi connectivity index (χ3v) is 4.97. The van der Waals surface area contributed by atoms with Crippen LogP contribution in [0.4, 0.5) is 0 Å². The van der Waals surface area contributed by atoms with Gasteiger partial charge < -0.3 is 13.6 Å². The van der Waals surface area contributed by atoms with Crippen molar-refractivity contribution >= 4 is 8.60 Å². The van der Waals surface area contributed by atoms with E-state index in [4.69, 9.17) is 13.6 Å². The summed E-state index contributed by atoms with van der Waals surface area (Å²) in [5.74, 6) is 2.21. The van der Waals surface area contributed by atoms with Gasteiger partial charge in [-0.05, 0) is 63.6 Å². The summed E-state index contributed by atoms with van der Waals surface area (Å²) in [6, 6.07) is 21.8. The lowest BCUT2D eigenvalue weighted by molar-refractivity contribution is 0.387. The molecule has 3 nitrogen and oxygen atoms in total. The molecule has 0 N–H and O–H groups in total. The lowest BCUT2D eigenvalue weighted by Gasteiger charge is -2.19. The fourth-order valence-electron chi connectivity index (χ4n) is 2.41. The van der Waals surface area contributed by atoms with Crippen molar-refractivity contribution in [3.63, 3.8) is 0 Å². The highest BCUT2D eigenvalue weighted by atomic mass is 31.2. The van der Waals surface area contributed by atoms with Crippen molar-refractivity contribution < 1.29 is 13.6 Å². The van der Waals surface area contributed by atoms with Gasteiger partial charge in [0.15, 0.2) is 0 Å². The van der Waals surface area contributed by atoms with Gasteiger partial charge in [0.2, 0.25) is 0 Å². The zero-order valence-electron chi connectivity index (χ0n) is 15.5. The largest absolute Gasteiger partial charge is 0.530 e. The third-order valence-electron chi connectivity index (χ3n) is 3.91. The first-order valence-electron chi connectivity index (χ1n) is 8.54. The summed E-state index contributed by atoms with van der Waals surface area (Å²) in [6.07, 6.45) is 0. The average molecular weight is 366 g/mol. The summed E-state index contributed by atoms with van der Waals surface area (Å²) in [5.41, 5.74) is 4.60. The highest BCUT2D eigenvalue weighted by Gasteiger charge is 2.20. The van der Waals surface area contributed by atoms with E-state index in [1.54, 1.807) is 0 Å². The molecule has 0 aromatic heterocycles. The van der Waals surface area contributed by atoms with E-state index in [2.05, 4.69) is 13.0 Å². The zero-order chi connectivity index (χ0) is 18.5. The molecule has 3 aromatic carbocycles. The van der Waals surface area contributed by atoms with Crippen LogP contribution in [-0.2, 0) is 0 Å². The Labute approximate surface area is 156 Å². The fourth-order valence-corrected chi connectivity index (χ4v) is 3.47. The van der Waals surface area contributed by atoms with Crippen LogP contribution in [0.2, 0.25) is 0 Å². The Morgan fingerprint density at radius 3 is 1.46 bits per heavy atom. The second-order valence-electron chi connectivity index (χ2n) is 6.39. The number of hydrogen-bond donors (Lipinski definition) is 0. The van der Waals surface area contributed by atoms with Gasteiger partial charge in [0, 0.05) is 0 Å². The van der Waals surface area contributed by atoms with Crippen LogP contribution in [0.3, 0.4) is 0 Å². The molecule has 0 fully saturated rings. The molecule has 0 aliphatic rings. The number of aryl methyl sites for hydroxylation is 4. The van der Waals surface area contributed by atoms with Crippen LogP contribution >= 0.6 is 8.60 Å². The van der Waals surface area contributed by atoms with Crippen LogP contribution < -0.4 is 13.6 Å². The van der Waals surface area contributed by atoms with E-state index in [-0.39, 0.29) is 0 Å². The van der Waals surface area contributed by atoms with Crippen LogP contribution in [0.25, 0.3) is 0 Å². The van der Waals surface area contributed by atoms with Crippen LogP contribution in [0, 0.1) is 27.7 Å². The topological polar surface area (TPSA) is 27.7 Å². The van der Waals surface area contributed by atoms with E-state index >= 15 is 0 Å². The molecule has 0 saturated carbocycles. The molecule has 26 heavy (non-hydrogen) atoms. The molecule has 0 atom stereocenters. The number of hydrogen-bond acceptors (Lipinski definition) is 3. The molecular weight excluding hydrogens is 343 g/mol. The Morgan fingerprint density at radius 1 is 0.538 bits per heavy atom. The summed E-state index contributed by atoms with van der Waals surface area (Å²) in [4.78, 5) is 0. The minimum Gasteiger partial charge on any atom is -0.409 e. The van der Waals surface area contributed by atoms with Crippen LogP contribution in [0.1, 0.15) is 22.3 Å². The van der Waals surface area contributed by atoms with E-state index in [1.165, 1.54) is 16.7 Å². The molecule has 0 saturated heterocycles. The smallest absolute Gasteiger partial charge is 0.409 e. The maximum atomic E-state index is 6.09. The maximum Gasteiger partial charge on any atom is 0.530 e. The third kappa shape index (κ3) is 5.00.